The first kappa shape index (κ1) is 8.75. The number of amidine groups is 1. The molecule has 0 spiro atoms. The number of piperazine rings is 1. The highest BCUT2D eigenvalue weighted by Crippen LogP contribution is 2.22. The van der Waals surface area contributed by atoms with Crippen LogP contribution in [0.15, 0.2) is 16.3 Å². The van der Waals surface area contributed by atoms with Gasteiger partial charge in [0.1, 0.15) is 5.84 Å². The van der Waals surface area contributed by atoms with Crippen LogP contribution < -0.4 is 5.32 Å². The Balaban J connectivity index is 2.33. The Kier molecular flexibility index (Phi) is 2.12. The highest BCUT2D eigenvalue weighted by molar-refractivity contribution is 5.83. The molecule has 1 atom stereocenters. The van der Waals surface area contributed by atoms with Crippen LogP contribution in [0.5, 0.6) is 0 Å². The molecule has 1 fully saturated rings. The van der Waals surface area contributed by atoms with Gasteiger partial charge in [0.2, 0.25) is 0 Å². The summed E-state index contributed by atoms with van der Waals surface area (Å²) < 4.78 is 0. The maximum Gasteiger partial charge on any atom is 0.101 e. The average molecular weight is 179 g/mol. The minimum atomic E-state index is 0.367. The molecule has 0 bridgehead atoms. The normalized spacial score (nSPS) is 28.7. The Hall–Kier alpha value is -0.830. The van der Waals surface area contributed by atoms with Gasteiger partial charge in [-0.2, -0.15) is 0 Å². The second kappa shape index (κ2) is 3.14. The van der Waals surface area contributed by atoms with Crippen LogP contribution in [0, 0.1) is 0 Å². The maximum absolute atomic E-state index is 4.60. The quantitative estimate of drug-likeness (QED) is 0.600. The standard InChI is InChI=1S/C10H17N3/c1-7-8(2)12-9(3)13-5-4-11-6-10(7)13/h8,11H,4-6H2,1-3H3/t8-/m0/s1. The van der Waals surface area contributed by atoms with E-state index in [1.54, 1.807) is 0 Å². The third-order valence-electron chi connectivity index (χ3n) is 2.98. The fourth-order valence-electron chi connectivity index (χ4n) is 2.03. The number of hydrogen-bond donors (Lipinski definition) is 1. The Morgan fingerprint density at radius 3 is 3.00 bits per heavy atom. The molecule has 0 unspecified atom stereocenters. The molecule has 0 aromatic rings. The lowest BCUT2D eigenvalue weighted by Crippen LogP contribution is -2.47. The van der Waals surface area contributed by atoms with E-state index in [1.807, 2.05) is 0 Å². The summed E-state index contributed by atoms with van der Waals surface area (Å²) in [4.78, 5) is 6.94. The Bertz CT molecular complexity index is 278. The van der Waals surface area contributed by atoms with Crippen molar-refractivity contribution in [2.45, 2.75) is 26.8 Å². The van der Waals surface area contributed by atoms with E-state index in [2.05, 4.69) is 36.0 Å². The predicted molar refractivity (Wildman–Crippen MR) is 54.8 cm³/mol. The van der Waals surface area contributed by atoms with Crippen molar-refractivity contribution >= 4 is 5.84 Å². The van der Waals surface area contributed by atoms with Crippen LogP contribution in [0.3, 0.4) is 0 Å². The van der Waals surface area contributed by atoms with E-state index in [9.17, 15) is 0 Å². The van der Waals surface area contributed by atoms with Crippen molar-refractivity contribution in [1.82, 2.24) is 10.2 Å². The lowest BCUT2D eigenvalue weighted by Gasteiger charge is -2.37. The molecule has 3 heteroatoms. The van der Waals surface area contributed by atoms with Crippen molar-refractivity contribution < 1.29 is 0 Å². The number of aliphatic imine (C=N–C) groups is 1. The van der Waals surface area contributed by atoms with Crippen LogP contribution >= 0.6 is 0 Å². The van der Waals surface area contributed by atoms with E-state index >= 15 is 0 Å². The van der Waals surface area contributed by atoms with Crippen molar-refractivity contribution in [2.75, 3.05) is 19.6 Å². The van der Waals surface area contributed by atoms with Gasteiger partial charge >= 0.3 is 0 Å². The van der Waals surface area contributed by atoms with Crippen molar-refractivity contribution in [3.8, 4) is 0 Å². The van der Waals surface area contributed by atoms with E-state index in [0.717, 1.165) is 19.6 Å². The van der Waals surface area contributed by atoms with E-state index in [1.165, 1.54) is 17.1 Å². The third kappa shape index (κ3) is 1.37. The first-order valence-corrected chi connectivity index (χ1v) is 4.92. The summed E-state index contributed by atoms with van der Waals surface area (Å²) in [5.41, 5.74) is 2.85. The van der Waals surface area contributed by atoms with E-state index in [0.29, 0.717) is 6.04 Å². The minimum Gasteiger partial charge on any atom is -0.332 e. The molecule has 2 aliphatic rings. The number of nitrogens with zero attached hydrogens (tertiary/aromatic N) is 2. The molecule has 0 aromatic carbocycles. The zero-order valence-corrected chi connectivity index (χ0v) is 8.59. The molecule has 2 rings (SSSR count). The van der Waals surface area contributed by atoms with Gasteiger partial charge in [-0.15, -0.1) is 0 Å². The van der Waals surface area contributed by atoms with Gasteiger partial charge in [-0.1, -0.05) is 0 Å². The fourth-order valence-corrected chi connectivity index (χ4v) is 2.03. The predicted octanol–water partition coefficient (Wildman–Crippen LogP) is 0.986. The molecular weight excluding hydrogens is 162 g/mol. The highest BCUT2D eigenvalue weighted by atomic mass is 15.3. The van der Waals surface area contributed by atoms with Crippen LogP contribution in [-0.4, -0.2) is 36.4 Å². The summed E-state index contributed by atoms with van der Waals surface area (Å²) in [5.74, 6) is 1.18. The fraction of sp³-hybridized carbons (Fsp3) is 0.700. The van der Waals surface area contributed by atoms with Crippen molar-refractivity contribution in [1.29, 1.82) is 0 Å². The largest absolute Gasteiger partial charge is 0.332 e. The zero-order valence-electron chi connectivity index (χ0n) is 8.59. The van der Waals surface area contributed by atoms with Gasteiger partial charge < -0.3 is 10.2 Å². The van der Waals surface area contributed by atoms with E-state index in [-0.39, 0.29) is 0 Å². The molecule has 13 heavy (non-hydrogen) atoms. The summed E-state index contributed by atoms with van der Waals surface area (Å²) >= 11 is 0. The molecular formula is C10H17N3. The maximum atomic E-state index is 4.60. The Labute approximate surface area is 79.5 Å². The Morgan fingerprint density at radius 2 is 2.23 bits per heavy atom. The second-order valence-corrected chi connectivity index (χ2v) is 3.81. The minimum absolute atomic E-state index is 0.367. The monoisotopic (exact) mass is 179 g/mol. The van der Waals surface area contributed by atoms with Crippen LogP contribution in [-0.2, 0) is 0 Å². The smallest absolute Gasteiger partial charge is 0.101 e. The van der Waals surface area contributed by atoms with E-state index in [4.69, 9.17) is 0 Å². The van der Waals surface area contributed by atoms with Gasteiger partial charge in [-0.3, -0.25) is 4.99 Å². The summed E-state index contributed by atoms with van der Waals surface area (Å²) in [5, 5.41) is 3.40. The zero-order chi connectivity index (χ0) is 9.42. The molecule has 0 aliphatic carbocycles. The van der Waals surface area contributed by atoms with Gasteiger partial charge in [0, 0.05) is 25.3 Å². The van der Waals surface area contributed by atoms with Crippen molar-refractivity contribution in [2.24, 2.45) is 4.99 Å². The SMILES string of the molecule is CC1=N[C@@H](C)C(C)=C2CNCCN12. The molecule has 3 nitrogen and oxygen atoms in total. The first-order chi connectivity index (χ1) is 6.20. The molecule has 0 saturated carbocycles. The number of nitrogens with one attached hydrogen (secondary N) is 1. The molecule has 0 amide bonds. The second-order valence-electron chi connectivity index (χ2n) is 3.81. The summed E-state index contributed by atoms with van der Waals surface area (Å²) in [6.45, 7) is 9.59. The first-order valence-electron chi connectivity index (χ1n) is 4.92. The number of rotatable bonds is 0. The van der Waals surface area contributed by atoms with Crippen LogP contribution in [0.25, 0.3) is 0 Å². The molecule has 0 radical (unpaired) electrons. The van der Waals surface area contributed by atoms with Gasteiger partial charge in [-0.25, -0.2) is 0 Å². The van der Waals surface area contributed by atoms with Crippen LogP contribution in [0.1, 0.15) is 20.8 Å². The molecule has 2 heterocycles. The van der Waals surface area contributed by atoms with Gasteiger partial charge in [0.25, 0.3) is 0 Å². The lowest BCUT2D eigenvalue weighted by atomic mass is 10.0. The summed E-state index contributed by atoms with van der Waals surface area (Å²) in [6, 6.07) is 0.367. The number of hydrogen-bond acceptors (Lipinski definition) is 3. The average Bonchev–Trinajstić information content (AvgIpc) is 2.15. The molecule has 2 aliphatic heterocycles. The molecule has 72 valence electrons. The van der Waals surface area contributed by atoms with Gasteiger partial charge in [0.15, 0.2) is 0 Å². The van der Waals surface area contributed by atoms with Gasteiger partial charge in [0.05, 0.1) is 6.04 Å². The topological polar surface area (TPSA) is 27.6 Å². The van der Waals surface area contributed by atoms with E-state index < -0.39 is 0 Å². The lowest BCUT2D eigenvalue weighted by molar-refractivity contribution is 0.404. The summed E-state index contributed by atoms with van der Waals surface area (Å²) in [6.07, 6.45) is 0. The van der Waals surface area contributed by atoms with Crippen LogP contribution in [0.2, 0.25) is 0 Å². The third-order valence-corrected chi connectivity index (χ3v) is 2.98. The highest BCUT2D eigenvalue weighted by Gasteiger charge is 2.24. The molecule has 1 N–H and O–H groups in total. The molecule has 1 saturated heterocycles. The van der Waals surface area contributed by atoms with Crippen LogP contribution in [0.4, 0.5) is 0 Å². The molecule has 0 aromatic heterocycles. The van der Waals surface area contributed by atoms with Crippen molar-refractivity contribution in [3.63, 3.8) is 0 Å². The Morgan fingerprint density at radius 1 is 1.46 bits per heavy atom. The number of fused-ring (bicyclic) bond motifs is 1. The van der Waals surface area contributed by atoms with Crippen molar-refractivity contribution in [3.05, 3.63) is 11.3 Å². The van der Waals surface area contributed by atoms with Gasteiger partial charge in [-0.05, 0) is 26.3 Å². The summed E-state index contributed by atoms with van der Waals surface area (Å²) in [7, 11) is 0.